The van der Waals surface area contributed by atoms with Crippen LogP contribution in [0.4, 0.5) is 0 Å². The molecule has 1 N–H and O–H groups in total. The molecule has 1 unspecified atom stereocenters. The maximum atomic E-state index is 11.3. The molecule has 4 nitrogen and oxygen atoms in total. The van der Waals surface area contributed by atoms with Gasteiger partial charge in [0.05, 0.1) is 6.61 Å². The molecule has 1 aliphatic rings. The van der Waals surface area contributed by atoms with E-state index in [0.29, 0.717) is 12.5 Å². The second kappa shape index (κ2) is 6.80. The zero-order chi connectivity index (χ0) is 11.1. The molecule has 0 aromatic rings. The van der Waals surface area contributed by atoms with E-state index in [1.165, 1.54) is 0 Å². The summed E-state index contributed by atoms with van der Waals surface area (Å²) in [4.78, 5) is 11.3. The van der Waals surface area contributed by atoms with E-state index in [1.54, 1.807) is 0 Å². The number of rotatable bonds is 5. The summed E-state index contributed by atoms with van der Waals surface area (Å²) < 4.78 is 10.2. The number of carbonyl (C=O) groups is 1. The molecule has 4 heteroatoms. The van der Waals surface area contributed by atoms with Crippen LogP contribution in [0.25, 0.3) is 0 Å². The van der Waals surface area contributed by atoms with Crippen molar-refractivity contribution >= 4 is 5.97 Å². The van der Waals surface area contributed by atoms with Gasteiger partial charge in [-0.1, -0.05) is 0 Å². The first-order valence-corrected chi connectivity index (χ1v) is 5.71. The monoisotopic (exact) mass is 215 g/mol. The zero-order valence-electron chi connectivity index (χ0n) is 9.62. The largest absolute Gasteiger partial charge is 0.465 e. The van der Waals surface area contributed by atoms with E-state index in [4.69, 9.17) is 9.47 Å². The van der Waals surface area contributed by atoms with E-state index in [2.05, 4.69) is 5.32 Å². The lowest BCUT2D eigenvalue weighted by Gasteiger charge is -2.23. The maximum absolute atomic E-state index is 11.3. The third kappa shape index (κ3) is 4.62. The van der Waals surface area contributed by atoms with Crippen molar-refractivity contribution in [2.24, 2.45) is 5.92 Å². The van der Waals surface area contributed by atoms with Crippen molar-refractivity contribution in [3.63, 3.8) is 0 Å². The summed E-state index contributed by atoms with van der Waals surface area (Å²) in [5.74, 6) is 0.472. The minimum absolute atomic E-state index is 0.162. The van der Waals surface area contributed by atoms with Gasteiger partial charge in [0.2, 0.25) is 0 Å². The standard InChI is InChI=1S/C11H21NO3/c1-3-15-11(13)9(2)12-8-10-4-6-14-7-5-10/h9-10,12H,3-8H2,1-2H3. The summed E-state index contributed by atoms with van der Waals surface area (Å²) in [5.41, 5.74) is 0. The molecule has 1 heterocycles. The van der Waals surface area contributed by atoms with E-state index < -0.39 is 0 Å². The van der Waals surface area contributed by atoms with Gasteiger partial charge in [0, 0.05) is 13.2 Å². The highest BCUT2D eigenvalue weighted by Gasteiger charge is 2.17. The highest BCUT2D eigenvalue weighted by atomic mass is 16.5. The fourth-order valence-corrected chi connectivity index (χ4v) is 1.64. The highest BCUT2D eigenvalue weighted by molar-refractivity contribution is 5.75. The lowest BCUT2D eigenvalue weighted by molar-refractivity contribution is -0.145. The molecule has 0 saturated carbocycles. The van der Waals surface area contributed by atoms with E-state index in [9.17, 15) is 4.79 Å². The van der Waals surface area contributed by atoms with Gasteiger partial charge in [0.1, 0.15) is 6.04 Å². The predicted octanol–water partition coefficient (Wildman–Crippen LogP) is 0.954. The first-order chi connectivity index (χ1) is 7.24. The van der Waals surface area contributed by atoms with E-state index >= 15 is 0 Å². The molecule has 0 aliphatic carbocycles. The Morgan fingerprint density at radius 3 is 2.80 bits per heavy atom. The van der Waals surface area contributed by atoms with E-state index in [0.717, 1.165) is 32.6 Å². The average molecular weight is 215 g/mol. The second-order valence-corrected chi connectivity index (χ2v) is 3.94. The highest BCUT2D eigenvalue weighted by Crippen LogP contribution is 2.13. The number of carbonyl (C=O) groups excluding carboxylic acids is 1. The van der Waals surface area contributed by atoms with Crippen LogP contribution >= 0.6 is 0 Å². The van der Waals surface area contributed by atoms with Gasteiger partial charge in [-0.15, -0.1) is 0 Å². The first-order valence-electron chi connectivity index (χ1n) is 5.71. The summed E-state index contributed by atoms with van der Waals surface area (Å²) in [7, 11) is 0. The molecule has 0 aromatic carbocycles. The van der Waals surface area contributed by atoms with Gasteiger partial charge in [-0.3, -0.25) is 4.79 Å². The van der Waals surface area contributed by atoms with Gasteiger partial charge in [-0.2, -0.15) is 0 Å². The van der Waals surface area contributed by atoms with Crippen molar-refractivity contribution in [2.75, 3.05) is 26.4 Å². The zero-order valence-corrected chi connectivity index (χ0v) is 9.62. The van der Waals surface area contributed by atoms with Crippen molar-refractivity contribution in [3.05, 3.63) is 0 Å². The molecule has 1 fully saturated rings. The molecule has 0 amide bonds. The van der Waals surface area contributed by atoms with Gasteiger partial charge >= 0.3 is 5.97 Å². The molecule has 1 rings (SSSR count). The van der Waals surface area contributed by atoms with E-state index in [-0.39, 0.29) is 12.0 Å². The fourth-order valence-electron chi connectivity index (χ4n) is 1.64. The Balaban J connectivity index is 2.14. The van der Waals surface area contributed by atoms with Crippen molar-refractivity contribution in [2.45, 2.75) is 32.7 Å². The molecule has 88 valence electrons. The molecule has 15 heavy (non-hydrogen) atoms. The molecule has 1 atom stereocenters. The lowest BCUT2D eigenvalue weighted by Crippen LogP contribution is -2.39. The normalized spacial score (nSPS) is 19.9. The minimum Gasteiger partial charge on any atom is -0.465 e. The van der Waals surface area contributed by atoms with Crippen molar-refractivity contribution in [1.82, 2.24) is 5.32 Å². The third-order valence-electron chi connectivity index (χ3n) is 2.69. The number of nitrogens with one attached hydrogen (secondary N) is 1. The summed E-state index contributed by atoms with van der Waals surface area (Å²) in [6, 6.07) is -0.201. The van der Waals surface area contributed by atoms with Crippen molar-refractivity contribution in [3.8, 4) is 0 Å². The van der Waals surface area contributed by atoms with Gasteiger partial charge in [-0.25, -0.2) is 0 Å². The molecule has 0 spiro atoms. The summed E-state index contributed by atoms with van der Waals surface area (Å²) >= 11 is 0. The molecular weight excluding hydrogens is 194 g/mol. The Kier molecular flexibility index (Phi) is 5.65. The minimum atomic E-state index is -0.201. The average Bonchev–Trinajstić information content (AvgIpc) is 2.27. The molecular formula is C11H21NO3. The van der Waals surface area contributed by atoms with Crippen LogP contribution < -0.4 is 5.32 Å². The molecule has 0 radical (unpaired) electrons. The predicted molar refractivity (Wildman–Crippen MR) is 57.6 cm³/mol. The fraction of sp³-hybridized carbons (Fsp3) is 0.909. The Morgan fingerprint density at radius 2 is 2.20 bits per heavy atom. The molecule has 0 bridgehead atoms. The van der Waals surface area contributed by atoms with Crippen LogP contribution in [-0.4, -0.2) is 38.4 Å². The van der Waals surface area contributed by atoms with Crippen LogP contribution in [0.3, 0.4) is 0 Å². The number of hydrogen-bond acceptors (Lipinski definition) is 4. The van der Waals surface area contributed by atoms with Gasteiger partial charge in [0.15, 0.2) is 0 Å². The third-order valence-corrected chi connectivity index (χ3v) is 2.69. The Bertz CT molecular complexity index is 190. The smallest absolute Gasteiger partial charge is 0.322 e. The Hall–Kier alpha value is -0.610. The van der Waals surface area contributed by atoms with Crippen LogP contribution in [0.2, 0.25) is 0 Å². The van der Waals surface area contributed by atoms with Crippen LogP contribution in [0, 0.1) is 5.92 Å². The maximum Gasteiger partial charge on any atom is 0.322 e. The number of esters is 1. The van der Waals surface area contributed by atoms with Crippen molar-refractivity contribution in [1.29, 1.82) is 0 Å². The number of ether oxygens (including phenoxy) is 2. The van der Waals surface area contributed by atoms with Crippen LogP contribution in [0.1, 0.15) is 26.7 Å². The van der Waals surface area contributed by atoms with Crippen LogP contribution in [0.5, 0.6) is 0 Å². The van der Waals surface area contributed by atoms with Gasteiger partial charge < -0.3 is 14.8 Å². The number of hydrogen-bond donors (Lipinski definition) is 1. The summed E-state index contributed by atoms with van der Waals surface area (Å²) in [6.45, 7) is 6.69. The van der Waals surface area contributed by atoms with Crippen molar-refractivity contribution < 1.29 is 14.3 Å². The molecule has 1 saturated heterocycles. The van der Waals surface area contributed by atoms with Crippen LogP contribution in [-0.2, 0) is 14.3 Å². The lowest BCUT2D eigenvalue weighted by atomic mass is 10.0. The summed E-state index contributed by atoms with van der Waals surface area (Å²) in [6.07, 6.45) is 2.17. The molecule has 1 aliphatic heterocycles. The first kappa shape index (κ1) is 12.5. The topological polar surface area (TPSA) is 47.6 Å². The molecule has 0 aromatic heterocycles. The Morgan fingerprint density at radius 1 is 1.53 bits per heavy atom. The summed E-state index contributed by atoms with van der Waals surface area (Å²) in [5, 5.41) is 3.21. The van der Waals surface area contributed by atoms with Gasteiger partial charge in [-0.05, 0) is 39.2 Å². The quantitative estimate of drug-likeness (QED) is 0.694. The SMILES string of the molecule is CCOC(=O)C(C)NCC1CCOCC1. The Labute approximate surface area is 91.3 Å². The van der Waals surface area contributed by atoms with Crippen LogP contribution in [0.15, 0.2) is 0 Å². The second-order valence-electron chi connectivity index (χ2n) is 3.94. The van der Waals surface area contributed by atoms with Gasteiger partial charge in [0.25, 0.3) is 0 Å². The van der Waals surface area contributed by atoms with E-state index in [1.807, 2.05) is 13.8 Å².